The lowest BCUT2D eigenvalue weighted by atomic mass is 10.1. The Morgan fingerprint density at radius 3 is 1.62 bits per heavy atom. The number of rotatable bonds is 10. The van der Waals surface area contributed by atoms with Crippen LogP contribution in [0.3, 0.4) is 0 Å². The Balaban J connectivity index is 1.53. The first-order valence-corrected chi connectivity index (χ1v) is 15.5. The average molecular weight is 610 g/mol. The highest BCUT2D eigenvalue weighted by Gasteiger charge is 2.20. The number of thiol groups is 1. The lowest BCUT2D eigenvalue weighted by Gasteiger charge is -2.01. The first-order valence-electron chi connectivity index (χ1n) is 11.8. The van der Waals surface area contributed by atoms with E-state index in [9.17, 15) is 19.8 Å². The maximum absolute atomic E-state index is 11.7. The van der Waals surface area contributed by atoms with E-state index >= 15 is 0 Å². The standard InChI is InChI=1S/C29H23NO4S5/c1-30-39-21-8-4-17(5-9-21)25-13-19(15-27(33)34)29(38-25)23-11-10-22(36-23)28-18(14-26(31)32)12-24(37-28)16-2-6-20(35)7-3-16/h2-13,30,35H,14-15H2,1H3,(H,31,32)(H,33,34). The summed E-state index contributed by atoms with van der Waals surface area (Å²) in [6.45, 7) is 0. The quantitative estimate of drug-likeness (QED) is 0.0941. The van der Waals surface area contributed by atoms with Gasteiger partial charge in [0.05, 0.1) is 12.8 Å². The second-order valence-corrected chi connectivity index (χ2v) is 13.4. The number of nitrogens with one attached hydrogen (secondary N) is 1. The van der Waals surface area contributed by atoms with E-state index in [1.807, 2.05) is 79.8 Å². The minimum atomic E-state index is -0.881. The molecule has 0 radical (unpaired) electrons. The van der Waals surface area contributed by atoms with Crippen LogP contribution in [0, 0.1) is 0 Å². The summed E-state index contributed by atoms with van der Waals surface area (Å²) in [4.78, 5) is 31.1. The molecule has 5 rings (SSSR count). The van der Waals surface area contributed by atoms with Gasteiger partial charge >= 0.3 is 11.9 Å². The Morgan fingerprint density at radius 1 is 0.718 bits per heavy atom. The maximum Gasteiger partial charge on any atom is 0.307 e. The fourth-order valence-electron chi connectivity index (χ4n) is 4.16. The van der Waals surface area contributed by atoms with Crippen LogP contribution in [-0.4, -0.2) is 29.2 Å². The van der Waals surface area contributed by atoms with Gasteiger partial charge in [0.15, 0.2) is 0 Å². The van der Waals surface area contributed by atoms with Crippen molar-refractivity contribution in [1.29, 1.82) is 0 Å². The molecule has 0 saturated carbocycles. The molecule has 0 fully saturated rings. The third-order valence-corrected chi connectivity index (χ3v) is 10.8. The molecule has 3 heterocycles. The molecule has 0 unspecified atom stereocenters. The van der Waals surface area contributed by atoms with Gasteiger partial charge < -0.3 is 10.2 Å². The predicted octanol–water partition coefficient (Wildman–Crippen LogP) is 8.31. The van der Waals surface area contributed by atoms with Gasteiger partial charge in [0.2, 0.25) is 0 Å². The van der Waals surface area contributed by atoms with Crippen molar-refractivity contribution in [2.75, 3.05) is 7.05 Å². The van der Waals surface area contributed by atoms with Crippen LogP contribution in [-0.2, 0) is 22.4 Å². The van der Waals surface area contributed by atoms with Gasteiger partial charge in [-0.2, -0.15) is 0 Å². The monoisotopic (exact) mass is 609 g/mol. The van der Waals surface area contributed by atoms with Crippen molar-refractivity contribution < 1.29 is 19.8 Å². The van der Waals surface area contributed by atoms with Crippen molar-refractivity contribution in [3.63, 3.8) is 0 Å². The molecule has 198 valence electrons. The maximum atomic E-state index is 11.7. The molecule has 10 heteroatoms. The highest BCUT2D eigenvalue weighted by atomic mass is 32.2. The molecule has 39 heavy (non-hydrogen) atoms. The molecule has 5 nitrogen and oxygen atoms in total. The smallest absolute Gasteiger partial charge is 0.307 e. The van der Waals surface area contributed by atoms with Gasteiger partial charge in [-0.05, 0) is 89.8 Å². The average Bonchev–Trinajstić information content (AvgIpc) is 3.63. The van der Waals surface area contributed by atoms with Gasteiger partial charge in [0, 0.05) is 39.1 Å². The van der Waals surface area contributed by atoms with Crippen molar-refractivity contribution in [2.24, 2.45) is 0 Å². The minimum Gasteiger partial charge on any atom is -0.481 e. The van der Waals surface area contributed by atoms with Crippen LogP contribution in [0.5, 0.6) is 0 Å². The van der Waals surface area contributed by atoms with Gasteiger partial charge in [0.1, 0.15) is 0 Å². The minimum absolute atomic E-state index is 0.0681. The Kier molecular flexibility index (Phi) is 8.61. The lowest BCUT2D eigenvalue weighted by Crippen LogP contribution is -1.99. The van der Waals surface area contributed by atoms with Crippen molar-refractivity contribution in [1.82, 2.24) is 4.72 Å². The molecule has 2 aromatic carbocycles. The molecular weight excluding hydrogens is 587 g/mol. The molecule has 5 aromatic rings. The zero-order valence-electron chi connectivity index (χ0n) is 20.6. The first kappa shape index (κ1) is 27.7. The largest absolute Gasteiger partial charge is 0.481 e. The summed E-state index contributed by atoms with van der Waals surface area (Å²) in [5.41, 5.74) is 3.59. The number of hydrogen-bond donors (Lipinski definition) is 4. The van der Waals surface area contributed by atoms with E-state index in [2.05, 4.69) is 17.4 Å². The molecule has 0 aliphatic rings. The molecular formula is C29H23NO4S5. The molecule has 0 spiro atoms. The Bertz CT molecular complexity index is 1630. The highest BCUT2D eigenvalue weighted by molar-refractivity contribution is 7.97. The van der Waals surface area contributed by atoms with Crippen LogP contribution in [0.15, 0.2) is 82.6 Å². The molecule has 0 saturated heterocycles. The summed E-state index contributed by atoms with van der Waals surface area (Å²) in [5.74, 6) is -1.76. The Hall–Kier alpha value is -2.86. The molecule has 0 aliphatic heterocycles. The van der Waals surface area contributed by atoms with E-state index in [1.165, 1.54) is 11.9 Å². The van der Waals surface area contributed by atoms with Crippen molar-refractivity contribution >= 4 is 70.5 Å². The van der Waals surface area contributed by atoms with Gasteiger partial charge in [-0.1, -0.05) is 24.3 Å². The van der Waals surface area contributed by atoms with Crippen LogP contribution >= 0.6 is 58.6 Å². The Morgan fingerprint density at radius 2 is 1.18 bits per heavy atom. The SMILES string of the molecule is CNSc1ccc(-c2cc(CC(=O)O)c(-c3ccc(-c4sc(-c5ccc(S)cc5)cc4CC(=O)O)s3)s2)cc1. The number of carbonyl (C=O) groups is 2. The molecule has 3 N–H and O–H groups in total. The van der Waals surface area contributed by atoms with Gasteiger partial charge in [-0.3, -0.25) is 14.3 Å². The van der Waals surface area contributed by atoms with Crippen LogP contribution in [0.25, 0.3) is 40.4 Å². The second kappa shape index (κ2) is 12.1. The summed E-state index contributed by atoms with van der Waals surface area (Å²) >= 11 is 10.6. The topological polar surface area (TPSA) is 86.6 Å². The molecule has 0 atom stereocenters. The normalized spacial score (nSPS) is 11.1. The van der Waals surface area contributed by atoms with Crippen LogP contribution in [0.1, 0.15) is 11.1 Å². The van der Waals surface area contributed by atoms with Crippen molar-refractivity contribution in [3.8, 4) is 40.4 Å². The van der Waals surface area contributed by atoms with E-state index in [4.69, 9.17) is 0 Å². The third-order valence-electron chi connectivity index (χ3n) is 5.87. The van der Waals surface area contributed by atoms with Crippen molar-refractivity contribution in [3.05, 3.63) is 83.9 Å². The molecule has 3 aromatic heterocycles. The first-order chi connectivity index (χ1) is 18.8. The number of thiophene rings is 3. The fraction of sp³-hybridized carbons (Fsp3) is 0.103. The molecule has 0 aliphatic carbocycles. The number of aliphatic carboxylic acids is 2. The van der Waals surface area contributed by atoms with E-state index in [0.29, 0.717) is 0 Å². The third kappa shape index (κ3) is 6.49. The summed E-state index contributed by atoms with van der Waals surface area (Å²) in [6, 6.07) is 23.9. The summed E-state index contributed by atoms with van der Waals surface area (Å²) in [6.07, 6.45) is -0.139. The molecule has 0 amide bonds. The van der Waals surface area contributed by atoms with E-state index in [-0.39, 0.29) is 12.8 Å². The van der Waals surface area contributed by atoms with Crippen LogP contribution < -0.4 is 4.72 Å². The van der Waals surface area contributed by atoms with E-state index < -0.39 is 11.9 Å². The van der Waals surface area contributed by atoms with E-state index in [1.54, 1.807) is 34.0 Å². The zero-order chi connectivity index (χ0) is 27.5. The number of carboxylic acids is 2. The number of benzene rings is 2. The lowest BCUT2D eigenvalue weighted by molar-refractivity contribution is -0.137. The van der Waals surface area contributed by atoms with Crippen LogP contribution in [0.2, 0.25) is 0 Å². The summed E-state index contributed by atoms with van der Waals surface area (Å²) in [7, 11) is 1.87. The summed E-state index contributed by atoms with van der Waals surface area (Å²) in [5, 5.41) is 19.1. The highest BCUT2D eigenvalue weighted by Crippen LogP contribution is 2.46. The zero-order valence-corrected chi connectivity index (χ0v) is 24.8. The van der Waals surface area contributed by atoms with Gasteiger partial charge in [-0.15, -0.1) is 46.6 Å². The van der Waals surface area contributed by atoms with Crippen molar-refractivity contribution in [2.45, 2.75) is 22.6 Å². The van der Waals surface area contributed by atoms with Gasteiger partial charge in [0.25, 0.3) is 0 Å². The molecule has 0 bridgehead atoms. The fourth-order valence-corrected chi connectivity index (χ4v) is 8.49. The Labute approximate surface area is 247 Å². The number of carboxylic acid groups (broad SMARTS) is 2. The second-order valence-electron chi connectivity index (χ2n) is 8.61. The van der Waals surface area contributed by atoms with E-state index in [0.717, 1.165) is 61.3 Å². The summed E-state index contributed by atoms with van der Waals surface area (Å²) < 4.78 is 3.06. The van der Waals surface area contributed by atoms with Gasteiger partial charge in [-0.25, -0.2) is 0 Å². The predicted molar refractivity (Wildman–Crippen MR) is 167 cm³/mol. The number of hydrogen-bond acceptors (Lipinski definition) is 8. The van der Waals surface area contributed by atoms with Crippen LogP contribution in [0.4, 0.5) is 0 Å².